The third-order valence-electron chi connectivity index (χ3n) is 2.61. The van der Waals surface area contributed by atoms with E-state index in [9.17, 15) is 0 Å². The van der Waals surface area contributed by atoms with E-state index in [2.05, 4.69) is 31.2 Å². The summed E-state index contributed by atoms with van der Waals surface area (Å²) in [6, 6.07) is 0. The van der Waals surface area contributed by atoms with Crippen LogP contribution in [0, 0.1) is 0 Å². The number of nitrogens with zero attached hydrogens (tertiary/aromatic N) is 2. The summed E-state index contributed by atoms with van der Waals surface area (Å²) in [7, 11) is 0. The van der Waals surface area contributed by atoms with Gasteiger partial charge in [-0.3, -0.25) is 4.90 Å². The summed E-state index contributed by atoms with van der Waals surface area (Å²) in [6.45, 7) is 3.52. The van der Waals surface area contributed by atoms with Crippen LogP contribution in [0.2, 0.25) is 0 Å². The standard InChI is InChI=1S/C10H15BrN2S/c11-10-12-9(8-14-10)7-13-5-3-1-2-4-6-13/h8H,1-7H2. The number of hydrogen-bond acceptors (Lipinski definition) is 3. The molecule has 14 heavy (non-hydrogen) atoms. The number of thiazole rings is 1. The smallest absolute Gasteiger partial charge is 0.159 e. The summed E-state index contributed by atoms with van der Waals surface area (Å²) in [5.74, 6) is 0. The van der Waals surface area contributed by atoms with E-state index in [4.69, 9.17) is 0 Å². The second-order valence-electron chi connectivity index (χ2n) is 3.78. The molecule has 78 valence electrons. The molecule has 1 aromatic rings. The first-order chi connectivity index (χ1) is 6.84. The minimum Gasteiger partial charge on any atom is -0.297 e. The molecule has 0 spiro atoms. The molecule has 1 fully saturated rings. The Bertz CT molecular complexity index is 279. The highest BCUT2D eigenvalue weighted by Crippen LogP contribution is 2.18. The largest absolute Gasteiger partial charge is 0.297 e. The van der Waals surface area contributed by atoms with Crippen LogP contribution in [-0.2, 0) is 6.54 Å². The molecule has 0 bridgehead atoms. The molecule has 0 atom stereocenters. The molecule has 0 N–H and O–H groups in total. The summed E-state index contributed by atoms with van der Waals surface area (Å²) in [5.41, 5.74) is 1.21. The summed E-state index contributed by atoms with van der Waals surface area (Å²) in [5, 5.41) is 2.15. The van der Waals surface area contributed by atoms with Crippen molar-refractivity contribution in [3.63, 3.8) is 0 Å². The molecule has 0 radical (unpaired) electrons. The molecular weight excluding hydrogens is 260 g/mol. The molecule has 2 rings (SSSR count). The predicted molar refractivity (Wildman–Crippen MR) is 63.6 cm³/mol. The Kier molecular flexibility index (Phi) is 3.96. The summed E-state index contributed by atoms with van der Waals surface area (Å²) in [6.07, 6.45) is 5.51. The maximum Gasteiger partial charge on any atom is 0.159 e. The fourth-order valence-corrected chi connectivity index (χ4v) is 2.92. The van der Waals surface area contributed by atoms with E-state index in [1.165, 1.54) is 44.5 Å². The van der Waals surface area contributed by atoms with E-state index in [0.717, 1.165) is 10.5 Å². The lowest BCUT2D eigenvalue weighted by Gasteiger charge is -2.17. The van der Waals surface area contributed by atoms with Crippen LogP contribution in [-0.4, -0.2) is 23.0 Å². The Labute approximate surface area is 97.5 Å². The van der Waals surface area contributed by atoms with Crippen LogP contribution >= 0.6 is 27.3 Å². The first kappa shape index (κ1) is 10.6. The highest BCUT2D eigenvalue weighted by molar-refractivity contribution is 9.11. The SMILES string of the molecule is Brc1nc(CN2CCCCCC2)cs1. The summed E-state index contributed by atoms with van der Waals surface area (Å²) < 4.78 is 1.00. The predicted octanol–water partition coefficient (Wildman–Crippen LogP) is 3.28. The first-order valence-corrected chi connectivity index (χ1v) is 6.84. The van der Waals surface area contributed by atoms with E-state index >= 15 is 0 Å². The van der Waals surface area contributed by atoms with Crippen molar-refractivity contribution < 1.29 is 0 Å². The normalized spacial score (nSPS) is 19.5. The Morgan fingerprint density at radius 3 is 2.57 bits per heavy atom. The van der Waals surface area contributed by atoms with Crippen molar-refractivity contribution >= 4 is 27.3 Å². The van der Waals surface area contributed by atoms with Crippen LogP contribution in [0.3, 0.4) is 0 Å². The van der Waals surface area contributed by atoms with Crippen LogP contribution in [0.4, 0.5) is 0 Å². The van der Waals surface area contributed by atoms with E-state index in [1.807, 2.05) is 0 Å². The molecular formula is C10H15BrN2S. The molecule has 2 nitrogen and oxygen atoms in total. The number of hydrogen-bond donors (Lipinski definition) is 0. The van der Waals surface area contributed by atoms with E-state index in [-0.39, 0.29) is 0 Å². The Hall–Kier alpha value is 0.0700. The van der Waals surface area contributed by atoms with Gasteiger partial charge in [0.25, 0.3) is 0 Å². The third kappa shape index (κ3) is 3.04. The van der Waals surface area contributed by atoms with Crippen LogP contribution < -0.4 is 0 Å². The van der Waals surface area contributed by atoms with Gasteiger partial charge in [-0.15, -0.1) is 11.3 Å². The van der Waals surface area contributed by atoms with Gasteiger partial charge in [0.1, 0.15) is 0 Å². The summed E-state index contributed by atoms with van der Waals surface area (Å²) in [4.78, 5) is 6.95. The summed E-state index contributed by atoms with van der Waals surface area (Å²) >= 11 is 5.08. The van der Waals surface area contributed by atoms with Crippen molar-refractivity contribution in [2.24, 2.45) is 0 Å². The molecule has 1 aliphatic rings. The highest BCUT2D eigenvalue weighted by Gasteiger charge is 2.10. The zero-order valence-electron chi connectivity index (χ0n) is 8.21. The van der Waals surface area contributed by atoms with Crippen LogP contribution in [0.15, 0.2) is 9.30 Å². The minimum absolute atomic E-state index is 1.00. The molecule has 1 aromatic heterocycles. The Morgan fingerprint density at radius 2 is 2.00 bits per heavy atom. The van der Waals surface area contributed by atoms with Crippen LogP contribution in [0.5, 0.6) is 0 Å². The van der Waals surface area contributed by atoms with Gasteiger partial charge in [0, 0.05) is 11.9 Å². The van der Waals surface area contributed by atoms with Crippen LogP contribution in [0.25, 0.3) is 0 Å². The zero-order chi connectivity index (χ0) is 9.80. The Morgan fingerprint density at radius 1 is 1.29 bits per heavy atom. The third-order valence-corrected chi connectivity index (χ3v) is 4.02. The zero-order valence-corrected chi connectivity index (χ0v) is 10.6. The number of likely N-dealkylation sites (tertiary alicyclic amines) is 1. The molecule has 1 saturated heterocycles. The van der Waals surface area contributed by atoms with Gasteiger partial charge in [-0.05, 0) is 41.9 Å². The second-order valence-corrected chi connectivity index (χ2v) is 5.92. The molecule has 0 aliphatic carbocycles. The van der Waals surface area contributed by atoms with Gasteiger partial charge in [-0.25, -0.2) is 4.98 Å². The van der Waals surface area contributed by atoms with Gasteiger partial charge in [-0.2, -0.15) is 0 Å². The monoisotopic (exact) mass is 274 g/mol. The molecule has 0 saturated carbocycles. The first-order valence-electron chi connectivity index (χ1n) is 5.17. The van der Waals surface area contributed by atoms with Crippen molar-refractivity contribution in [3.05, 3.63) is 15.0 Å². The number of aromatic nitrogens is 1. The van der Waals surface area contributed by atoms with Crippen molar-refractivity contribution in [1.29, 1.82) is 0 Å². The maximum absolute atomic E-state index is 4.43. The van der Waals surface area contributed by atoms with E-state index in [0.29, 0.717) is 0 Å². The molecule has 2 heterocycles. The second kappa shape index (κ2) is 5.24. The quantitative estimate of drug-likeness (QED) is 0.823. The lowest BCUT2D eigenvalue weighted by Crippen LogP contribution is -2.24. The van der Waals surface area contributed by atoms with Gasteiger partial charge in [0.15, 0.2) is 3.92 Å². The van der Waals surface area contributed by atoms with Gasteiger partial charge in [-0.1, -0.05) is 12.8 Å². The van der Waals surface area contributed by atoms with E-state index < -0.39 is 0 Å². The van der Waals surface area contributed by atoms with Crippen molar-refractivity contribution in [2.75, 3.05) is 13.1 Å². The fraction of sp³-hybridized carbons (Fsp3) is 0.700. The Balaban J connectivity index is 1.89. The average molecular weight is 275 g/mol. The maximum atomic E-state index is 4.43. The highest BCUT2D eigenvalue weighted by atomic mass is 79.9. The molecule has 0 aromatic carbocycles. The van der Waals surface area contributed by atoms with Crippen LogP contribution in [0.1, 0.15) is 31.4 Å². The number of rotatable bonds is 2. The van der Waals surface area contributed by atoms with Gasteiger partial charge in [0.05, 0.1) is 5.69 Å². The van der Waals surface area contributed by atoms with Crippen molar-refractivity contribution in [1.82, 2.24) is 9.88 Å². The van der Waals surface area contributed by atoms with Gasteiger partial charge >= 0.3 is 0 Å². The van der Waals surface area contributed by atoms with Gasteiger partial charge in [0.2, 0.25) is 0 Å². The fourth-order valence-electron chi connectivity index (χ4n) is 1.88. The average Bonchev–Trinajstić information content (AvgIpc) is 2.43. The van der Waals surface area contributed by atoms with E-state index in [1.54, 1.807) is 11.3 Å². The molecule has 1 aliphatic heterocycles. The van der Waals surface area contributed by atoms with Crippen molar-refractivity contribution in [2.45, 2.75) is 32.2 Å². The lowest BCUT2D eigenvalue weighted by atomic mass is 10.2. The molecule has 0 unspecified atom stereocenters. The number of halogens is 1. The van der Waals surface area contributed by atoms with Gasteiger partial charge < -0.3 is 0 Å². The minimum atomic E-state index is 1.00. The molecule has 4 heteroatoms. The topological polar surface area (TPSA) is 16.1 Å². The van der Waals surface area contributed by atoms with Crippen molar-refractivity contribution in [3.8, 4) is 0 Å². The molecule has 0 amide bonds. The lowest BCUT2D eigenvalue weighted by molar-refractivity contribution is 0.274.